The summed E-state index contributed by atoms with van der Waals surface area (Å²) in [5.41, 5.74) is 1.23. The van der Waals surface area contributed by atoms with Crippen molar-refractivity contribution in [2.45, 2.75) is 33.2 Å². The van der Waals surface area contributed by atoms with Gasteiger partial charge in [-0.25, -0.2) is 9.97 Å². The van der Waals surface area contributed by atoms with Crippen LogP contribution in [0.2, 0.25) is 0 Å². The number of hydrogen-bond donors (Lipinski definition) is 2. The van der Waals surface area contributed by atoms with Crippen molar-refractivity contribution in [1.29, 1.82) is 0 Å². The van der Waals surface area contributed by atoms with Gasteiger partial charge in [0.25, 0.3) is 5.91 Å². The first-order valence-corrected chi connectivity index (χ1v) is 9.62. The van der Waals surface area contributed by atoms with E-state index in [0.717, 1.165) is 0 Å². The molecular formula is C20H21BrF2N4O3. The second-order valence-electron chi connectivity index (χ2n) is 6.65. The summed E-state index contributed by atoms with van der Waals surface area (Å²) in [7, 11) is 0. The van der Waals surface area contributed by atoms with Gasteiger partial charge in [0.1, 0.15) is 5.82 Å². The van der Waals surface area contributed by atoms with Crippen LogP contribution in [-0.2, 0) is 11.3 Å². The largest absolute Gasteiger partial charge is 0.470 e. The van der Waals surface area contributed by atoms with Crippen LogP contribution in [0.5, 0.6) is 5.88 Å². The summed E-state index contributed by atoms with van der Waals surface area (Å²) in [4.78, 5) is 31.8. The van der Waals surface area contributed by atoms with Crippen LogP contribution in [0, 0.1) is 6.92 Å². The summed E-state index contributed by atoms with van der Waals surface area (Å²) < 4.78 is 32.6. The molecule has 30 heavy (non-hydrogen) atoms. The van der Waals surface area contributed by atoms with Crippen LogP contribution in [-0.4, -0.2) is 34.3 Å². The maximum Gasteiger partial charge on any atom is 0.302 e. The maximum absolute atomic E-state index is 13.6. The van der Waals surface area contributed by atoms with E-state index < -0.39 is 12.5 Å². The van der Waals surface area contributed by atoms with Crippen LogP contribution in [0.1, 0.15) is 35.5 Å². The number of amides is 2. The zero-order valence-corrected chi connectivity index (χ0v) is 18.3. The van der Waals surface area contributed by atoms with Gasteiger partial charge in [-0.05, 0) is 59.1 Å². The summed E-state index contributed by atoms with van der Waals surface area (Å²) in [6.07, 6.45) is 1.42. The molecule has 2 aromatic heterocycles. The molecule has 10 heteroatoms. The molecule has 0 saturated carbocycles. The highest BCUT2D eigenvalue weighted by atomic mass is 79.9. The van der Waals surface area contributed by atoms with Gasteiger partial charge in [0, 0.05) is 30.9 Å². The van der Waals surface area contributed by atoms with Crippen molar-refractivity contribution < 1.29 is 23.1 Å². The lowest BCUT2D eigenvalue weighted by molar-refractivity contribution is -0.114. The van der Waals surface area contributed by atoms with Crippen molar-refractivity contribution in [2.24, 2.45) is 0 Å². The minimum atomic E-state index is -3.16. The van der Waals surface area contributed by atoms with Gasteiger partial charge in [0.15, 0.2) is 6.61 Å². The van der Waals surface area contributed by atoms with Gasteiger partial charge < -0.3 is 15.4 Å². The third-order valence-electron chi connectivity index (χ3n) is 3.85. The molecule has 0 aliphatic carbocycles. The highest BCUT2D eigenvalue weighted by molar-refractivity contribution is 9.10. The Labute approximate surface area is 181 Å². The van der Waals surface area contributed by atoms with Crippen LogP contribution in [0.25, 0.3) is 0 Å². The number of carbonyl (C=O) groups excluding carboxylic acids is 2. The average molecular weight is 483 g/mol. The van der Waals surface area contributed by atoms with Crippen molar-refractivity contribution in [2.75, 3.05) is 11.9 Å². The number of rotatable bonds is 8. The van der Waals surface area contributed by atoms with E-state index in [9.17, 15) is 18.4 Å². The van der Waals surface area contributed by atoms with Gasteiger partial charge in [-0.3, -0.25) is 9.59 Å². The van der Waals surface area contributed by atoms with E-state index in [4.69, 9.17) is 4.74 Å². The van der Waals surface area contributed by atoms with Gasteiger partial charge in [-0.15, -0.1) is 0 Å². The van der Waals surface area contributed by atoms with Crippen LogP contribution in [0.15, 0.2) is 41.0 Å². The fourth-order valence-electron chi connectivity index (χ4n) is 2.28. The van der Waals surface area contributed by atoms with Crippen molar-refractivity contribution >= 4 is 33.6 Å². The third kappa shape index (κ3) is 6.58. The SMILES string of the molecule is C=C(C)C(F)(F)COc1ncc(CNC(=O)c2cc(C)nc(NC(C)=O)c2)cc1Br. The molecule has 0 saturated heterocycles. The number of hydrogen-bond acceptors (Lipinski definition) is 5. The molecule has 0 spiro atoms. The number of anilines is 1. The molecule has 2 heterocycles. The molecule has 0 aliphatic rings. The van der Waals surface area contributed by atoms with Gasteiger partial charge in [-0.2, -0.15) is 8.78 Å². The normalized spacial score (nSPS) is 11.0. The topological polar surface area (TPSA) is 93.2 Å². The molecule has 0 bridgehead atoms. The molecule has 2 aromatic rings. The van der Waals surface area contributed by atoms with E-state index in [-0.39, 0.29) is 35.6 Å². The Hall–Kier alpha value is -2.88. The van der Waals surface area contributed by atoms with E-state index >= 15 is 0 Å². The van der Waals surface area contributed by atoms with E-state index in [1.54, 1.807) is 19.1 Å². The zero-order chi connectivity index (χ0) is 22.5. The third-order valence-corrected chi connectivity index (χ3v) is 4.42. The average Bonchev–Trinajstić information content (AvgIpc) is 2.64. The molecular weight excluding hydrogens is 462 g/mol. The first-order valence-electron chi connectivity index (χ1n) is 8.83. The lowest BCUT2D eigenvalue weighted by Gasteiger charge is -2.17. The second-order valence-corrected chi connectivity index (χ2v) is 7.50. The maximum atomic E-state index is 13.6. The lowest BCUT2D eigenvalue weighted by atomic mass is 10.2. The van der Waals surface area contributed by atoms with E-state index in [2.05, 4.69) is 43.1 Å². The van der Waals surface area contributed by atoms with Crippen LogP contribution in [0.4, 0.5) is 14.6 Å². The highest BCUT2D eigenvalue weighted by Crippen LogP contribution is 2.27. The van der Waals surface area contributed by atoms with Crippen LogP contribution in [0.3, 0.4) is 0 Å². The summed E-state index contributed by atoms with van der Waals surface area (Å²) in [6.45, 7) is 6.79. The number of nitrogens with one attached hydrogen (secondary N) is 2. The van der Waals surface area contributed by atoms with Crippen molar-refractivity contribution in [3.05, 3.63) is 57.8 Å². The quantitative estimate of drug-likeness (QED) is 0.554. The zero-order valence-electron chi connectivity index (χ0n) is 16.7. The van der Waals surface area contributed by atoms with E-state index in [1.807, 2.05) is 0 Å². The minimum absolute atomic E-state index is 0.00992. The van der Waals surface area contributed by atoms with Gasteiger partial charge in [0.2, 0.25) is 11.8 Å². The fourth-order valence-corrected chi connectivity index (χ4v) is 2.79. The standard InChI is InChI=1S/C20H21BrF2N4O3/c1-11(2)20(22,23)10-30-19-16(21)6-14(9-25-19)8-24-18(29)15-5-12(3)26-17(7-15)27-13(4)28/h5-7,9H,1,8,10H2,2-4H3,(H,24,29)(H,26,27,28). The summed E-state index contributed by atoms with van der Waals surface area (Å²) in [5, 5.41) is 5.27. The molecule has 0 radical (unpaired) electrons. The Bertz CT molecular complexity index is 983. The molecule has 0 atom stereocenters. The molecule has 2 amide bonds. The van der Waals surface area contributed by atoms with Gasteiger partial charge in [0.05, 0.1) is 4.47 Å². The summed E-state index contributed by atoms with van der Waals surface area (Å²) >= 11 is 3.23. The molecule has 0 aromatic carbocycles. The fraction of sp³-hybridized carbons (Fsp3) is 0.300. The first-order chi connectivity index (χ1) is 14.0. The summed E-state index contributed by atoms with van der Waals surface area (Å²) in [5.74, 6) is -3.53. The predicted octanol–water partition coefficient (Wildman–Crippen LogP) is 4.03. The molecule has 2 N–H and O–H groups in total. The Morgan fingerprint density at radius 1 is 1.27 bits per heavy atom. The molecule has 0 fully saturated rings. The molecule has 0 aliphatic heterocycles. The van der Waals surface area contributed by atoms with Crippen molar-refractivity contribution in [3.63, 3.8) is 0 Å². The van der Waals surface area contributed by atoms with E-state index in [1.165, 1.54) is 26.1 Å². The molecule has 2 rings (SSSR count). The number of pyridine rings is 2. The van der Waals surface area contributed by atoms with Gasteiger partial charge in [-0.1, -0.05) is 6.58 Å². The van der Waals surface area contributed by atoms with Crippen LogP contribution < -0.4 is 15.4 Å². The highest BCUT2D eigenvalue weighted by Gasteiger charge is 2.31. The number of carbonyl (C=O) groups is 2. The number of aryl methyl sites for hydroxylation is 1. The van der Waals surface area contributed by atoms with Crippen LogP contribution >= 0.6 is 15.9 Å². The predicted molar refractivity (Wildman–Crippen MR) is 112 cm³/mol. The lowest BCUT2D eigenvalue weighted by Crippen LogP contribution is -2.27. The van der Waals surface area contributed by atoms with Crippen molar-refractivity contribution in [3.8, 4) is 5.88 Å². The monoisotopic (exact) mass is 482 g/mol. The molecule has 7 nitrogen and oxygen atoms in total. The number of alkyl halides is 2. The number of ether oxygens (including phenoxy) is 1. The minimum Gasteiger partial charge on any atom is -0.470 e. The molecule has 0 unspecified atom stereocenters. The van der Waals surface area contributed by atoms with Crippen molar-refractivity contribution in [1.82, 2.24) is 15.3 Å². The Balaban J connectivity index is 2.02. The first kappa shape index (κ1) is 23.4. The summed E-state index contributed by atoms with van der Waals surface area (Å²) in [6, 6.07) is 4.67. The smallest absolute Gasteiger partial charge is 0.302 e. The Morgan fingerprint density at radius 2 is 1.97 bits per heavy atom. The molecule has 160 valence electrons. The second kappa shape index (κ2) is 9.75. The number of aromatic nitrogens is 2. The Morgan fingerprint density at radius 3 is 2.57 bits per heavy atom. The Kier molecular flexibility index (Phi) is 7.60. The van der Waals surface area contributed by atoms with Gasteiger partial charge >= 0.3 is 5.92 Å². The number of halogens is 3. The number of nitrogens with zero attached hydrogens (tertiary/aromatic N) is 2. The van der Waals surface area contributed by atoms with E-state index in [0.29, 0.717) is 21.3 Å².